The van der Waals surface area contributed by atoms with Crippen LogP contribution in [0.1, 0.15) is 29.7 Å². The van der Waals surface area contributed by atoms with Gasteiger partial charge in [-0.05, 0) is 56.2 Å². The number of benzene rings is 3. The highest BCUT2D eigenvalue weighted by atomic mass is 16.5. The molecule has 172 valence electrons. The van der Waals surface area contributed by atoms with Crippen LogP contribution >= 0.6 is 0 Å². The first kappa shape index (κ1) is 21.2. The summed E-state index contributed by atoms with van der Waals surface area (Å²) < 4.78 is 12.8. The van der Waals surface area contributed by atoms with Crippen LogP contribution in [0.4, 0.5) is 0 Å². The molecule has 5 heteroatoms. The summed E-state index contributed by atoms with van der Waals surface area (Å²) >= 11 is 0. The first-order valence-corrected chi connectivity index (χ1v) is 11.7. The fraction of sp³-hybridized carbons (Fsp3) is 0.133. The third kappa shape index (κ3) is 3.66. The van der Waals surface area contributed by atoms with Crippen molar-refractivity contribution in [1.82, 2.24) is 15.2 Å². The van der Waals surface area contributed by atoms with E-state index in [4.69, 9.17) is 14.1 Å². The van der Waals surface area contributed by atoms with Crippen molar-refractivity contribution < 1.29 is 9.15 Å². The number of aryl methyl sites for hydroxylation is 2. The van der Waals surface area contributed by atoms with Gasteiger partial charge in [0.1, 0.15) is 23.1 Å². The zero-order chi connectivity index (χ0) is 23.9. The molecule has 1 N–H and O–H groups in total. The van der Waals surface area contributed by atoms with Gasteiger partial charge in [-0.1, -0.05) is 54.6 Å². The summed E-state index contributed by atoms with van der Waals surface area (Å²) in [4.78, 5) is 5.10. The highest BCUT2D eigenvalue weighted by Gasteiger charge is 2.21. The van der Waals surface area contributed by atoms with Crippen LogP contribution in [0.2, 0.25) is 0 Å². The minimum atomic E-state index is -0.117. The SMILES string of the molecule is Cc1c(-c2cc(-c3ccn[nH]3)c3c(O[C@H](C)c4ccccc4)ccc(C)c3n2)oc2ccccc12. The van der Waals surface area contributed by atoms with E-state index in [1.165, 1.54) is 0 Å². The molecule has 3 aromatic carbocycles. The van der Waals surface area contributed by atoms with E-state index in [1.54, 1.807) is 6.20 Å². The summed E-state index contributed by atoms with van der Waals surface area (Å²) in [5.41, 5.74) is 7.65. The second-order valence-electron chi connectivity index (χ2n) is 8.85. The number of rotatable bonds is 5. The number of H-pyrrole nitrogens is 1. The second-order valence-corrected chi connectivity index (χ2v) is 8.85. The maximum absolute atomic E-state index is 6.53. The Bertz CT molecular complexity index is 1650. The van der Waals surface area contributed by atoms with Gasteiger partial charge < -0.3 is 9.15 Å². The van der Waals surface area contributed by atoms with Crippen LogP contribution in [0, 0.1) is 13.8 Å². The predicted molar refractivity (Wildman–Crippen MR) is 139 cm³/mol. The average Bonchev–Trinajstić information content (AvgIpc) is 3.54. The molecule has 6 rings (SSSR count). The van der Waals surface area contributed by atoms with Gasteiger partial charge in [0.2, 0.25) is 0 Å². The Labute approximate surface area is 203 Å². The lowest BCUT2D eigenvalue weighted by Gasteiger charge is -2.19. The number of hydrogen-bond acceptors (Lipinski definition) is 4. The molecule has 3 aromatic heterocycles. The predicted octanol–water partition coefficient (Wildman–Crippen LogP) is 7.79. The van der Waals surface area contributed by atoms with Gasteiger partial charge >= 0.3 is 0 Å². The number of aromatic nitrogens is 3. The van der Waals surface area contributed by atoms with Gasteiger partial charge in [-0.25, -0.2) is 4.98 Å². The molecular weight excluding hydrogens is 434 g/mol. The van der Waals surface area contributed by atoms with E-state index in [0.29, 0.717) is 0 Å². The maximum Gasteiger partial charge on any atom is 0.156 e. The third-order valence-corrected chi connectivity index (χ3v) is 6.56. The number of furan rings is 1. The van der Waals surface area contributed by atoms with Crippen LogP contribution in [-0.4, -0.2) is 15.2 Å². The Balaban J connectivity index is 1.58. The van der Waals surface area contributed by atoms with E-state index in [9.17, 15) is 0 Å². The number of nitrogens with zero attached hydrogens (tertiary/aromatic N) is 2. The highest BCUT2D eigenvalue weighted by molar-refractivity contribution is 6.02. The van der Waals surface area contributed by atoms with Crippen LogP contribution in [0.3, 0.4) is 0 Å². The van der Waals surface area contributed by atoms with Gasteiger partial charge in [-0.2, -0.15) is 5.10 Å². The number of ether oxygens (including phenoxy) is 1. The van der Waals surface area contributed by atoms with E-state index in [-0.39, 0.29) is 6.10 Å². The summed E-state index contributed by atoms with van der Waals surface area (Å²) in [7, 11) is 0. The Morgan fingerprint density at radius 2 is 1.71 bits per heavy atom. The standard InChI is InChI=1S/C30H25N3O2/c1-18-13-14-27(34-20(3)21-9-5-4-6-10-21)28-23(24-15-16-31-33-24)17-25(32-29(18)28)30-19(2)22-11-7-8-12-26(22)35-30/h4-17,20H,1-3H3,(H,31,33)/t20-/m1/s1. The fourth-order valence-electron chi connectivity index (χ4n) is 4.68. The molecule has 0 aliphatic rings. The van der Waals surface area contributed by atoms with Gasteiger partial charge in [0, 0.05) is 22.7 Å². The van der Waals surface area contributed by atoms with Gasteiger partial charge in [-0.15, -0.1) is 0 Å². The average molecular weight is 460 g/mol. The molecule has 3 heterocycles. The molecule has 35 heavy (non-hydrogen) atoms. The van der Waals surface area contributed by atoms with Crippen molar-refractivity contribution in [3.63, 3.8) is 0 Å². The topological polar surface area (TPSA) is 63.9 Å². The van der Waals surface area contributed by atoms with Gasteiger partial charge in [-0.3, -0.25) is 5.10 Å². The lowest BCUT2D eigenvalue weighted by molar-refractivity contribution is 0.230. The number of para-hydroxylation sites is 1. The number of aromatic amines is 1. The Morgan fingerprint density at radius 1 is 0.914 bits per heavy atom. The Morgan fingerprint density at radius 3 is 2.49 bits per heavy atom. The molecule has 0 saturated carbocycles. The molecule has 0 amide bonds. The normalized spacial score (nSPS) is 12.3. The zero-order valence-corrected chi connectivity index (χ0v) is 19.9. The van der Waals surface area contributed by atoms with Crippen LogP contribution < -0.4 is 4.74 Å². The molecule has 6 aromatic rings. The summed E-state index contributed by atoms with van der Waals surface area (Å²) in [6.07, 6.45) is 1.64. The first-order chi connectivity index (χ1) is 17.1. The molecule has 0 radical (unpaired) electrons. The molecule has 0 fully saturated rings. The number of nitrogens with one attached hydrogen (secondary N) is 1. The van der Waals surface area contributed by atoms with Crippen LogP contribution in [0.15, 0.2) is 89.5 Å². The Kier molecular flexibility index (Phi) is 5.10. The fourth-order valence-corrected chi connectivity index (χ4v) is 4.68. The molecular formula is C30H25N3O2. The van der Waals surface area contributed by atoms with E-state index in [0.717, 1.165) is 67.0 Å². The van der Waals surface area contributed by atoms with E-state index in [2.05, 4.69) is 61.3 Å². The van der Waals surface area contributed by atoms with Crippen molar-refractivity contribution in [2.24, 2.45) is 0 Å². The first-order valence-electron chi connectivity index (χ1n) is 11.7. The van der Waals surface area contributed by atoms with Crippen LogP contribution in [0.25, 0.3) is 44.6 Å². The minimum absolute atomic E-state index is 0.117. The summed E-state index contributed by atoms with van der Waals surface area (Å²) in [5.74, 6) is 1.56. The Hall–Kier alpha value is -4.38. The largest absolute Gasteiger partial charge is 0.485 e. The highest BCUT2D eigenvalue weighted by Crippen LogP contribution is 2.41. The van der Waals surface area contributed by atoms with Crippen LogP contribution in [-0.2, 0) is 0 Å². The quantitative estimate of drug-likeness (QED) is 0.286. The number of pyridine rings is 1. The van der Waals surface area contributed by atoms with Crippen molar-refractivity contribution >= 4 is 21.9 Å². The van der Waals surface area contributed by atoms with Crippen molar-refractivity contribution in [3.05, 3.63) is 102 Å². The molecule has 0 spiro atoms. The molecule has 0 saturated heterocycles. The number of fused-ring (bicyclic) bond motifs is 2. The van der Waals surface area contributed by atoms with E-state index < -0.39 is 0 Å². The summed E-state index contributed by atoms with van der Waals surface area (Å²) in [6, 6.07) is 26.5. The minimum Gasteiger partial charge on any atom is -0.485 e. The molecule has 5 nitrogen and oxygen atoms in total. The van der Waals surface area contributed by atoms with Crippen molar-refractivity contribution in [2.45, 2.75) is 26.9 Å². The molecule has 0 bridgehead atoms. The van der Waals surface area contributed by atoms with Crippen molar-refractivity contribution in [1.29, 1.82) is 0 Å². The third-order valence-electron chi connectivity index (χ3n) is 6.56. The van der Waals surface area contributed by atoms with Crippen molar-refractivity contribution in [2.75, 3.05) is 0 Å². The monoisotopic (exact) mass is 459 g/mol. The summed E-state index contributed by atoms with van der Waals surface area (Å²) in [5, 5.41) is 9.39. The van der Waals surface area contributed by atoms with E-state index >= 15 is 0 Å². The van der Waals surface area contributed by atoms with Gasteiger partial charge in [0.15, 0.2) is 5.76 Å². The molecule has 0 aliphatic heterocycles. The second kappa shape index (κ2) is 8.44. The lowest BCUT2D eigenvalue weighted by atomic mass is 9.99. The van der Waals surface area contributed by atoms with Gasteiger partial charge in [0.25, 0.3) is 0 Å². The molecule has 1 atom stereocenters. The number of hydrogen-bond donors (Lipinski definition) is 1. The molecule has 0 aliphatic carbocycles. The van der Waals surface area contributed by atoms with Crippen LogP contribution in [0.5, 0.6) is 5.75 Å². The molecule has 0 unspecified atom stereocenters. The maximum atomic E-state index is 6.53. The zero-order valence-electron chi connectivity index (χ0n) is 19.9. The smallest absolute Gasteiger partial charge is 0.156 e. The van der Waals surface area contributed by atoms with E-state index in [1.807, 2.05) is 48.5 Å². The lowest BCUT2D eigenvalue weighted by Crippen LogP contribution is -2.04. The summed E-state index contributed by atoms with van der Waals surface area (Å²) in [6.45, 7) is 6.22. The van der Waals surface area contributed by atoms with Gasteiger partial charge in [0.05, 0.1) is 16.6 Å². The van der Waals surface area contributed by atoms with Crippen molar-refractivity contribution in [3.8, 4) is 28.5 Å².